The quantitative estimate of drug-likeness (QED) is 0.440. The average molecular weight is 367 g/mol. The maximum atomic E-state index is 12.9. The molecule has 0 spiro atoms. The van der Waals surface area contributed by atoms with Gasteiger partial charge in [0.15, 0.2) is 0 Å². The van der Waals surface area contributed by atoms with Gasteiger partial charge in [-0.3, -0.25) is 14.4 Å². The molecule has 0 N–H and O–H groups in total. The minimum atomic E-state index is -3.90. The van der Waals surface area contributed by atoms with Crippen LogP contribution in [-0.2, 0) is 10.0 Å². The molecule has 0 aliphatic heterocycles. The fourth-order valence-electron chi connectivity index (χ4n) is 2.21. The van der Waals surface area contributed by atoms with Crippen molar-refractivity contribution in [3.05, 3.63) is 75.8 Å². The molecule has 0 amide bonds. The molecule has 0 saturated heterocycles. The second-order valence-corrected chi connectivity index (χ2v) is 7.31. The van der Waals surface area contributed by atoms with Gasteiger partial charge in [-0.05, 0) is 42.8 Å². The molecule has 0 fully saturated rings. The Bertz CT molecular complexity index is 879. The molecular weight excluding hydrogens is 352 g/mol. The van der Waals surface area contributed by atoms with E-state index in [1.165, 1.54) is 22.5 Å². The van der Waals surface area contributed by atoms with E-state index in [-0.39, 0.29) is 17.1 Å². The fraction of sp³-hybridized carbons (Fsp3) is 0.125. The molecule has 0 heterocycles. The predicted molar refractivity (Wildman–Crippen MR) is 94.0 cm³/mol. The van der Waals surface area contributed by atoms with Crippen LogP contribution in [0.4, 0.5) is 11.4 Å². The number of nitrogens with zero attached hydrogens (tertiary/aromatic N) is 2. The van der Waals surface area contributed by atoms with Crippen LogP contribution in [-0.4, -0.2) is 19.9 Å². The van der Waals surface area contributed by atoms with Crippen LogP contribution in [0.5, 0.6) is 0 Å². The molecule has 0 aliphatic rings. The maximum Gasteiger partial charge on any atom is 0.269 e. The summed E-state index contributed by atoms with van der Waals surface area (Å²) in [5.41, 5.74) is 0.986. The van der Waals surface area contributed by atoms with Crippen LogP contribution >= 0.6 is 11.6 Å². The molecule has 126 valence electrons. The Morgan fingerprint density at radius 1 is 1.25 bits per heavy atom. The Morgan fingerprint density at radius 2 is 1.88 bits per heavy atom. The van der Waals surface area contributed by atoms with Crippen LogP contribution < -0.4 is 4.31 Å². The second-order valence-electron chi connectivity index (χ2n) is 5.01. The molecule has 8 heteroatoms. The Kier molecular flexibility index (Phi) is 5.26. The third-order valence-corrected chi connectivity index (χ3v) is 5.39. The minimum absolute atomic E-state index is 0.0377. The highest BCUT2D eigenvalue weighted by Gasteiger charge is 2.25. The van der Waals surface area contributed by atoms with Gasteiger partial charge in [-0.15, -0.1) is 6.58 Å². The third kappa shape index (κ3) is 3.58. The van der Waals surface area contributed by atoms with Gasteiger partial charge < -0.3 is 0 Å². The number of hydrogen-bond donors (Lipinski definition) is 0. The zero-order valence-electron chi connectivity index (χ0n) is 12.8. The molecular formula is C16H15ClN2O4S. The minimum Gasteiger partial charge on any atom is -0.262 e. The molecule has 6 nitrogen and oxygen atoms in total. The third-order valence-electron chi connectivity index (χ3n) is 3.36. The number of nitro benzene ring substituents is 1. The first-order valence-corrected chi connectivity index (χ1v) is 8.73. The van der Waals surface area contributed by atoms with E-state index in [2.05, 4.69) is 6.58 Å². The topological polar surface area (TPSA) is 80.5 Å². The van der Waals surface area contributed by atoms with Gasteiger partial charge in [0, 0.05) is 17.2 Å². The smallest absolute Gasteiger partial charge is 0.262 e. The molecule has 0 aliphatic carbocycles. The maximum absolute atomic E-state index is 12.9. The Labute approximate surface area is 145 Å². The first-order valence-electron chi connectivity index (χ1n) is 6.91. The van der Waals surface area contributed by atoms with Crippen molar-refractivity contribution in [2.24, 2.45) is 0 Å². The van der Waals surface area contributed by atoms with Gasteiger partial charge in [-0.2, -0.15) is 0 Å². The van der Waals surface area contributed by atoms with Crippen LogP contribution in [0.25, 0.3) is 0 Å². The predicted octanol–water partition coefficient (Wildman–Crippen LogP) is 3.94. The Balaban J connectivity index is 2.52. The van der Waals surface area contributed by atoms with Gasteiger partial charge in [0.05, 0.1) is 22.1 Å². The summed E-state index contributed by atoms with van der Waals surface area (Å²) in [6.45, 7) is 5.41. The highest BCUT2D eigenvalue weighted by Crippen LogP contribution is 2.29. The number of sulfonamides is 1. The first-order chi connectivity index (χ1) is 11.3. The summed E-state index contributed by atoms with van der Waals surface area (Å²) in [5, 5.41) is 11.2. The number of halogens is 1. The van der Waals surface area contributed by atoms with Gasteiger partial charge in [0.2, 0.25) is 0 Å². The van der Waals surface area contributed by atoms with Crippen molar-refractivity contribution in [3.63, 3.8) is 0 Å². The number of benzene rings is 2. The van der Waals surface area contributed by atoms with Crippen LogP contribution in [0.1, 0.15) is 5.56 Å². The van der Waals surface area contributed by atoms with Crippen LogP contribution in [0, 0.1) is 17.0 Å². The number of non-ortho nitro benzene ring substituents is 1. The molecule has 0 aromatic heterocycles. The molecule has 2 aromatic rings. The van der Waals surface area contributed by atoms with Crippen molar-refractivity contribution in [1.29, 1.82) is 0 Å². The zero-order valence-corrected chi connectivity index (χ0v) is 14.4. The van der Waals surface area contributed by atoms with Gasteiger partial charge >= 0.3 is 0 Å². The number of aryl methyl sites for hydroxylation is 1. The van der Waals surface area contributed by atoms with E-state index in [0.717, 1.165) is 12.1 Å². The van der Waals surface area contributed by atoms with Gasteiger partial charge in [0.25, 0.3) is 15.7 Å². The lowest BCUT2D eigenvalue weighted by molar-refractivity contribution is -0.384. The second kappa shape index (κ2) is 7.02. The van der Waals surface area contributed by atoms with E-state index < -0.39 is 14.9 Å². The highest BCUT2D eigenvalue weighted by molar-refractivity contribution is 7.92. The monoisotopic (exact) mass is 366 g/mol. The molecule has 0 radical (unpaired) electrons. The lowest BCUT2D eigenvalue weighted by Gasteiger charge is -2.25. The lowest BCUT2D eigenvalue weighted by atomic mass is 10.2. The molecule has 0 saturated carbocycles. The number of nitro groups is 1. The van der Waals surface area contributed by atoms with E-state index in [0.29, 0.717) is 16.3 Å². The van der Waals surface area contributed by atoms with Crippen molar-refractivity contribution >= 4 is 33.0 Å². The highest BCUT2D eigenvalue weighted by atomic mass is 35.5. The van der Waals surface area contributed by atoms with Crippen molar-refractivity contribution in [2.75, 3.05) is 10.8 Å². The summed E-state index contributed by atoms with van der Waals surface area (Å²) in [6, 6.07) is 9.64. The summed E-state index contributed by atoms with van der Waals surface area (Å²) in [4.78, 5) is 10.1. The first kappa shape index (κ1) is 18.0. The standard InChI is InChI=1S/C16H15ClN2O4S/c1-3-10-18(16-9-4-13(17)11-12(16)2)24(22,23)15-7-5-14(6-8-15)19(20)21/h3-9,11H,1,10H2,2H3. The van der Waals surface area contributed by atoms with Gasteiger partial charge in [0.1, 0.15) is 0 Å². The SMILES string of the molecule is C=CCN(c1ccc(Cl)cc1C)S(=O)(=O)c1ccc([N+](=O)[O-])cc1. The van der Waals surface area contributed by atoms with Crippen molar-refractivity contribution < 1.29 is 13.3 Å². The molecule has 24 heavy (non-hydrogen) atoms. The van der Waals surface area contributed by atoms with Crippen molar-refractivity contribution in [1.82, 2.24) is 0 Å². The molecule has 0 atom stereocenters. The van der Waals surface area contributed by atoms with Crippen LogP contribution in [0.2, 0.25) is 5.02 Å². The van der Waals surface area contributed by atoms with Gasteiger partial charge in [-0.25, -0.2) is 8.42 Å². The number of rotatable bonds is 6. The zero-order chi connectivity index (χ0) is 17.9. The Hall–Kier alpha value is -2.38. The largest absolute Gasteiger partial charge is 0.269 e. The lowest BCUT2D eigenvalue weighted by Crippen LogP contribution is -2.31. The number of hydrogen-bond acceptors (Lipinski definition) is 4. The fourth-order valence-corrected chi connectivity index (χ4v) is 3.94. The van der Waals surface area contributed by atoms with E-state index >= 15 is 0 Å². The molecule has 2 rings (SSSR count). The van der Waals surface area contributed by atoms with Crippen LogP contribution in [0.3, 0.4) is 0 Å². The average Bonchev–Trinajstić information content (AvgIpc) is 2.53. The number of anilines is 1. The summed E-state index contributed by atoms with van der Waals surface area (Å²) in [6.07, 6.45) is 1.47. The van der Waals surface area contributed by atoms with E-state index in [1.807, 2.05) is 0 Å². The van der Waals surface area contributed by atoms with Gasteiger partial charge in [-0.1, -0.05) is 17.7 Å². The summed E-state index contributed by atoms with van der Waals surface area (Å²) in [5.74, 6) is 0. The summed E-state index contributed by atoms with van der Waals surface area (Å²) < 4.78 is 27.0. The van der Waals surface area contributed by atoms with Crippen molar-refractivity contribution in [3.8, 4) is 0 Å². The van der Waals surface area contributed by atoms with Crippen LogP contribution in [0.15, 0.2) is 60.0 Å². The normalized spacial score (nSPS) is 11.1. The summed E-state index contributed by atoms with van der Waals surface area (Å²) >= 11 is 5.93. The molecule has 0 unspecified atom stereocenters. The van der Waals surface area contributed by atoms with E-state index in [4.69, 9.17) is 11.6 Å². The van der Waals surface area contributed by atoms with Crippen molar-refractivity contribution in [2.45, 2.75) is 11.8 Å². The van der Waals surface area contributed by atoms with E-state index in [9.17, 15) is 18.5 Å². The molecule has 0 bridgehead atoms. The Morgan fingerprint density at radius 3 is 2.38 bits per heavy atom. The van der Waals surface area contributed by atoms with E-state index in [1.54, 1.807) is 25.1 Å². The molecule has 2 aromatic carbocycles. The summed E-state index contributed by atoms with van der Waals surface area (Å²) in [7, 11) is -3.90.